The molecule has 152 valence electrons. The van der Waals surface area contributed by atoms with Crippen molar-refractivity contribution in [2.24, 2.45) is 0 Å². The summed E-state index contributed by atoms with van der Waals surface area (Å²) in [5.74, 6) is 0. The summed E-state index contributed by atoms with van der Waals surface area (Å²) in [6.45, 7) is 4.81. The highest BCUT2D eigenvalue weighted by molar-refractivity contribution is 5.76. The van der Waals surface area contributed by atoms with Crippen molar-refractivity contribution in [3.8, 4) is 0 Å². The Hall–Kier alpha value is -3.36. The van der Waals surface area contributed by atoms with Gasteiger partial charge in [0.15, 0.2) is 0 Å². The van der Waals surface area contributed by atoms with Crippen LogP contribution in [0, 0.1) is 0 Å². The summed E-state index contributed by atoms with van der Waals surface area (Å²) < 4.78 is 5.43. The average Bonchev–Trinajstić information content (AvgIpc) is 2.81. The van der Waals surface area contributed by atoms with Gasteiger partial charge in [0.25, 0.3) is 0 Å². The van der Waals surface area contributed by atoms with Gasteiger partial charge in [0, 0.05) is 17.1 Å². The fourth-order valence-electron chi connectivity index (χ4n) is 3.02. The molecule has 0 aliphatic heterocycles. The highest BCUT2D eigenvalue weighted by atomic mass is 16.5. The monoisotopic (exact) mass is 395 g/mol. The first kappa shape index (κ1) is 21.4. The van der Waals surface area contributed by atoms with E-state index >= 15 is 0 Å². The van der Waals surface area contributed by atoms with Crippen molar-refractivity contribution in [2.75, 3.05) is 4.90 Å². The van der Waals surface area contributed by atoms with E-state index < -0.39 is 0 Å². The molecule has 0 bridgehead atoms. The van der Waals surface area contributed by atoms with Crippen LogP contribution >= 0.6 is 0 Å². The predicted octanol–water partition coefficient (Wildman–Crippen LogP) is 7.77. The SMILES string of the molecule is CC(C)OCc1ccccc1.c1ccc(N(c2ccccc2)c2ccccc2)cc1. The molecule has 0 radical (unpaired) electrons. The maximum absolute atomic E-state index is 5.43. The third-order valence-electron chi connectivity index (χ3n) is 4.47. The zero-order chi connectivity index (χ0) is 21.0. The van der Waals surface area contributed by atoms with Gasteiger partial charge in [-0.15, -0.1) is 0 Å². The van der Waals surface area contributed by atoms with Crippen LogP contribution in [0.2, 0.25) is 0 Å². The second-order valence-corrected chi connectivity index (χ2v) is 7.19. The van der Waals surface area contributed by atoms with E-state index in [-0.39, 0.29) is 0 Å². The van der Waals surface area contributed by atoms with Gasteiger partial charge in [0.2, 0.25) is 0 Å². The lowest BCUT2D eigenvalue weighted by Gasteiger charge is -2.25. The molecule has 30 heavy (non-hydrogen) atoms. The second kappa shape index (κ2) is 11.6. The molecule has 4 aromatic carbocycles. The van der Waals surface area contributed by atoms with Crippen LogP contribution in [0.1, 0.15) is 19.4 Å². The van der Waals surface area contributed by atoms with Crippen LogP contribution in [0.15, 0.2) is 121 Å². The predicted molar refractivity (Wildman–Crippen MR) is 127 cm³/mol. The van der Waals surface area contributed by atoms with E-state index in [2.05, 4.69) is 89.8 Å². The number of rotatable bonds is 6. The van der Waals surface area contributed by atoms with Gasteiger partial charge in [-0.25, -0.2) is 0 Å². The van der Waals surface area contributed by atoms with Crippen LogP contribution in [-0.4, -0.2) is 6.10 Å². The zero-order valence-electron chi connectivity index (χ0n) is 17.7. The van der Waals surface area contributed by atoms with Gasteiger partial charge in [0.05, 0.1) is 12.7 Å². The van der Waals surface area contributed by atoms with Crippen molar-refractivity contribution in [1.29, 1.82) is 0 Å². The Kier molecular flexibility index (Phi) is 8.25. The number of ether oxygens (including phenoxy) is 1. The number of nitrogens with zero attached hydrogens (tertiary/aromatic N) is 1. The molecule has 4 aromatic rings. The highest BCUT2D eigenvalue weighted by Crippen LogP contribution is 2.33. The minimum absolute atomic E-state index is 0.315. The maximum Gasteiger partial charge on any atom is 0.0720 e. The molecule has 0 aromatic heterocycles. The van der Waals surface area contributed by atoms with Crippen molar-refractivity contribution < 1.29 is 4.74 Å². The lowest BCUT2D eigenvalue weighted by Crippen LogP contribution is -2.09. The molecular weight excluding hydrogens is 366 g/mol. The van der Waals surface area contributed by atoms with E-state index in [1.807, 2.05) is 50.2 Å². The van der Waals surface area contributed by atoms with Gasteiger partial charge >= 0.3 is 0 Å². The number of hydrogen-bond acceptors (Lipinski definition) is 2. The first-order valence-corrected chi connectivity index (χ1v) is 10.3. The van der Waals surface area contributed by atoms with E-state index in [0.717, 1.165) is 6.61 Å². The Morgan fingerprint density at radius 3 is 1.20 bits per heavy atom. The summed E-state index contributed by atoms with van der Waals surface area (Å²) in [6.07, 6.45) is 0.315. The Morgan fingerprint density at radius 2 is 0.867 bits per heavy atom. The Morgan fingerprint density at radius 1 is 0.533 bits per heavy atom. The van der Waals surface area contributed by atoms with Crippen molar-refractivity contribution in [2.45, 2.75) is 26.6 Å². The van der Waals surface area contributed by atoms with Gasteiger partial charge in [-0.3, -0.25) is 0 Å². The molecule has 0 atom stereocenters. The van der Waals surface area contributed by atoms with Gasteiger partial charge in [-0.05, 0) is 55.8 Å². The molecular formula is C28H29NO. The topological polar surface area (TPSA) is 12.5 Å². The third-order valence-corrected chi connectivity index (χ3v) is 4.47. The van der Waals surface area contributed by atoms with Crippen LogP contribution < -0.4 is 4.90 Å². The minimum Gasteiger partial charge on any atom is -0.374 e. The number of para-hydroxylation sites is 3. The molecule has 0 aliphatic carbocycles. The largest absolute Gasteiger partial charge is 0.374 e. The summed E-state index contributed by atoms with van der Waals surface area (Å²) in [5.41, 5.74) is 4.74. The van der Waals surface area contributed by atoms with E-state index in [4.69, 9.17) is 4.74 Å². The lowest BCUT2D eigenvalue weighted by molar-refractivity contribution is 0.0657. The maximum atomic E-state index is 5.43. The molecule has 0 amide bonds. The van der Waals surface area contributed by atoms with Crippen molar-refractivity contribution in [3.63, 3.8) is 0 Å². The lowest BCUT2D eigenvalue weighted by atomic mass is 10.2. The van der Waals surface area contributed by atoms with Gasteiger partial charge < -0.3 is 9.64 Å². The second-order valence-electron chi connectivity index (χ2n) is 7.19. The van der Waals surface area contributed by atoms with E-state index in [0.29, 0.717) is 6.10 Å². The number of hydrogen-bond donors (Lipinski definition) is 0. The first-order valence-electron chi connectivity index (χ1n) is 10.3. The fourth-order valence-corrected chi connectivity index (χ4v) is 3.02. The third kappa shape index (κ3) is 6.61. The van der Waals surface area contributed by atoms with Gasteiger partial charge in [-0.1, -0.05) is 84.9 Å². The molecule has 0 N–H and O–H groups in total. The Balaban J connectivity index is 0.000000199. The highest BCUT2D eigenvalue weighted by Gasteiger charge is 2.10. The molecule has 4 rings (SSSR count). The van der Waals surface area contributed by atoms with Crippen molar-refractivity contribution in [1.82, 2.24) is 0 Å². The minimum atomic E-state index is 0.315. The van der Waals surface area contributed by atoms with Crippen molar-refractivity contribution in [3.05, 3.63) is 127 Å². The van der Waals surface area contributed by atoms with Crippen LogP contribution in [0.3, 0.4) is 0 Å². The summed E-state index contributed by atoms with van der Waals surface area (Å²) >= 11 is 0. The molecule has 0 saturated heterocycles. The summed E-state index contributed by atoms with van der Waals surface area (Å²) in [4.78, 5) is 2.25. The molecule has 0 aliphatic rings. The van der Waals surface area contributed by atoms with E-state index in [1.165, 1.54) is 22.6 Å². The normalized spacial score (nSPS) is 10.2. The molecule has 0 heterocycles. The summed E-state index contributed by atoms with van der Waals surface area (Å²) in [7, 11) is 0. The standard InChI is InChI=1S/C18H15N.C10H14O/c1-4-10-16(11-5-1)19(17-12-6-2-7-13-17)18-14-8-3-9-15-18;1-9(2)11-8-10-6-4-3-5-7-10/h1-15H;3-7,9H,8H2,1-2H3. The molecule has 0 unspecified atom stereocenters. The smallest absolute Gasteiger partial charge is 0.0720 e. The zero-order valence-corrected chi connectivity index (χ0v) is 17.7. The first-order chi connectivity index (χ1) is 14.7. The molecule has 0 spiro atoms. The van der Waals surface area contributed by atoms with E-state index in [9.17, 15) is 0 Å². The number of benzene rings is 4. The van der Waals surface area contributed by atoms with Crippen LogP contribution in [0.4, 0.5) is 17.1 Å². The van der Waals surface area contributed by atoms with Crippen molar-refractivity contribution >= 4 is 17.1 Å². The molecule has 2 nitrogen and oxygen atoms in total. The van der Waals surface area contributed by atoms with Crippen LogP contribution in [0.5, 0.6) is 0 Å². The van der Waals surface area contributed by atoms with Crippen LogP contribution in [0.25, 0.3) is 0 Å². The van der Waals surface area contributed by atoms with Gasteiger partial charge in [-0.2, -0.15) is 0 Å². The van der Waals surface area contributed by atoms with Crippen LogP contribution in [-0.2, 0) is 11.3 Å². The fraction of sp³-hybridized carbons (Fsp3) is 0.143. The van der Waals surface area contributed by atoms with E-state index in [1.54, 1.807) is 0 Å². The van der Waals surface area contributed by atoms with Gasteiger partial charge in [0.1, 0.15) is 0 Å². The summed E-state index contributed by atoms with van der Waals surface area (Å²) in [5, 5.41) is 0. The molecule has 0 fully saturated rings. The average molecular weight is 396 g/mol. The Labute approximate surface area is 180 Å². The molecule has 0 saturated carbocycles. The number of anilines is 3. The quantitative estimate of drug-likeness (QED) is 0.331. The molecule has 2 heteroatoms. The Bertz CT molecular complexity index is 860. The summed E-state index contributed by atoms with van der Waals surface area (Å²) in [6, 6.07) is 41.5.